The van der Waals surface area contributed by atoms with E-state index in [2.05, 4.69) is 81.9 Å². The zero-order valence-electron chi connectivity index (χ0n) is 17.3. The SMILES string of the molecule is Cc1cccc(-c2ccc(C(C)(C)C)s2)c1CN1CCC[C@H]1CN(C)C. The Balaban J connectivity index is 1.90. The number of rotatable bonds is 5. The summed E-state index contributed by atoms with van der Waals surface area (Å²) in [4.78, 5) is 7.91. The molecule has 1 fully saturated rings. The van der Waals surface area contributed by atoms with Crippen LogP contribution in [0.25, 0.3) is 10.4 Å². The number of benzene rings is 1. The Morgan fingerprint density at radius 1 is 1.15 bits per heavy atom. The van der Waals surface area contributed by atoms with E-state index in [9.17, 15) is 0 Å². The van der Waals surface area contributed by atoms with Crippen molar-refractivity contribution in [3.05, 3.63) is 46.3 Å². The van der Waals surface area contributed by atoms with Gasteiger partial charge in [-0.2, -0.15) is 0 Å². The van der Waals surface area contributed by atoms with E-state index in [1.165, 1.54) is 45.8 Å². The minimum atomic E-state index is 0.221. The van der Waals surface area contributed by atoms with Crippen LogP contribution in [0.4, 0.5) is 0 Å². The Morgan fingerprint density at radius 2 is 1.92 bits per heavy atom. The summed E-state index contributed by atoms with van der Waals surface area (Å²) in [6, 6.07) is 12.1. The van der Waals surface area contributed by atoms with E-state index in [4.69, 9.17) is 0 Å². The van der Waals surface area contributed by atoms with Gasteiger partial charge in [0.1, 0.15) is 0 Å². The first-order chi connectivity index (χ1) is 12.3. The van der Waals surface area contributed by atoms with Gasteiger partial charge in [0.05, 0.1) is 0 Å². The van der Waals surface area contributed by atoms with E-state index in [0.29, 0.717) is 6.04 Å². The summed E-state index contributed by atoms with van der Waals surface area (Å²) in [7, 11) is 4.38. The number of hydrogen-bond donors (Lipinski definition) is 0. The van der Waals surface area contributed by atoms with E-state index in [0.717, 1.165) is 13.1 Å². The first kappa shape index (κ1) is 19.6. The highest BCUT2D eigenvalue weighted by molar-refractivity contribution is 7.15. The quantitative estimate of drug-likeness (QED) is 0.681. The van der Waals surface area contributed by atoms with Gasteiger partial charge in [0.25, 0.3) is 0 Å². The number of thiophene rings is 1. The van der Waals surface area contributed by atoms with Crippen LogP contribution >= 0.6 is 11.3 Å². The van der Waals surface area contributed by atoms with Gasteiger partial charge in [0.2, 0.25) is 0 Å². The molecular weight excluding hydrogens is 336 g/mol. The van der Waals surface area contributed by atoms with E-state index >= 15 is 0 Å². The van der Waals surface area contributed by atoms with E-state index < -0.39 is 0 Å². The zero-order chi connectivity index (χ0) is 18.9. The summed E-state index contributed by atoms with van der Waals surface area (Å²) < 4.78 is 0. The molecule has 0 spiro atoms. The third-order valence-electron chi connectivity index (χ3n) is 5.46. The van der Waals surface area contributed by atoms with Crippen molar-refractivity contribution in [3.8, 4) is 10.4 Å². The normalized spacial score (nSPS) is 18.8. The van der Waals surface area contributed by atoms with Gasteiger partial charge in [-0.1, -0.05) is 39.0 Å². The zero-order valence-corrected chi connectivity index (χ0v) is 18.1. The molecule has 1 aromatic carbocycles. The number of likely N-dealkylation sites (tertiary alicyclic amines) is 1. The Hall–Kier alpha value is -1.16. The van der Waals surface area contributed by atoms with Crippen molar-refractivity contribution in [2.75, 3.05) is 27.2 Å². The molecule has 2 aromatic rings. The van der Waals surface area contributed by atoms with Crippen molar-refractivity contribution < 1.29 is 0 Å². The molecule has 26 heavy (non-hydrogen) atoms. The fraction of sp³-hybridized carbons (Fsp3) is 0.565. The summed E-state index contributed by atoms with van der Waals surface area (Å²) in [5.41, 5.74) is 4.59. The molecule has 3 heteroatoms. The first-order valence-electron chi connectivity index (χ1n) is 9.83. The van der Waals surface area contributed by atoms with Crippen LogP contribution in [0, 0.1) is 6.92 Å². The second-order valence-electron chi connectivity index (χ2n) is 9.04. The Kier molecular flexibility index (Phi) is 5.91. The Morgan fingerprint density at radius 3 is 2.58 bits per heavy atom. The fourth-order valence-electron chi connectivity index (χ4n) is 3.96. The maximum atomic E-state index is 2.70. The summed E-state index contributed by atoms with van der Waals surface area (Å²) in [5.74, 6) is 0. The number of nitrogens with zero attached hydrogens (tertiary/aromatic N) is 2. The largest absolute Gasteiger partial charge is 0.308 e. The van der Waals surface area contributed by atoms with Crippen LogP contribution in [0.2, 0.25) is 0 Å². The van der Waals surface area contributed by atoms with Gasteiger partial charge in [-0.3, -0.25) is 4.90 Å². The summed E-state index contributed by atoms with van der Waals surface area (Å²) in [6.07, 6.45) is 2.65. The molecule has 1 saturated heterocycles. The van der Waals surface area contributed by atoms with Gasteiger partial charge in [-0.25, -0.2) is 0 Å². The van der Waals surface area contributed by atoms with Crippen LogP contribution in [0.1, 0.15) is 49.6 Å². The molecular formula is C23H34N2S. The molecule has 2 nitrogen and oxygen atoms in total. The van der Waals surface area contributed by atoms with Gasteiger partial charge in [-0.15, -0.1) is 11.3 Å². The van der Waals surface area contributed by atoms with Gasteiger partial charge in [-0.05, 0) is 74.6 Å². The molecule has 1 aliphatic rings. The van der Waals surface area contributed by atoms with Gasteiger partial charge in [0.15, 0.2) is 0 Å². The molecule has 1 aliphatic heterocycles. The van der Waals surface area contributed by atoms with Crippen LogP contribution in [0.15, 0.2) is 30.3 Å². The smallest absolute Gasteiger partial charge is 0.0349 e. The molecule has 0 saturated carbocycles. The maximum Gasteiger partial charge on any atom is 0.0349 e. The van der Waals surface area contributed by atoms with Crippen molar-refractivity contribution in [2.45, 2.75) is 58.5 Å². The van der Waals surface area contributed by atoms with Crippen molar-refractivity contribution in [1.29, 1.82) is 0 Å². The summed E-state index contributed by atoms with van der Waals surface area (Å²) in [5, 5.41) is 0. The van der Waals surface area contributed by atoms with Crippen LogP contribution in [0.5, 0.6) is 0 Å². The fourth-order valence-corrected chi connectivity index (χ4v) is 5.08. The molecule has 2 heterocycles. The van der Waals surface area contributed by atoms with Crippen molar-refractivity contribution >= 4 is 11.3 Å². The van der Waals surface area contributed by atoms with E-state index in [1.54, 1.807) is 0 Å². The monoisotopic (exact) mass is 370 g/mol. The molecule has 0 radical (unpaired) electrons. The number of likely N-dealkylation sites (N-methyl/N-ethyl adjacent to an activating group) is 1. The average molecular weight is 371 g/mol. The lowest BCUT2D eigenvalue weighted by Gasteiger charge is -2.28. The lowest BCUT2D eigenvalue weighted by Crippen LogP contribution is -2.37. The maximum absolute atomic E-state index is 2.70. The highest BCUT2D eigenvalue weighted by atomic mass is 32.1. The molecule has 0 amide bonds. The van der Waals surface area contributed by atoms with Crippen LogP contribution in [-0.2, 0) is 12.0 Å². The molecule has 0 N–H and O–H groups in total. The van der Waals surface area contributed by atoms with Crippen molar-refractivity contribution in [3.63, 3.8) is 0 Å². The minimum absolute atomic E-state index is 0.221. The van der Waals surface area contributed by atoms with Crippen molar-refractivity contribution in [1.82, 2.24) is 9.80 Å². The second-order valence-corrected chi connectivity index (χ2v) is 10.1. The molecule has 1 aromatic heterocycles. The first-order valence-corrected chi connectivity index (χ1v) is 10.7. The van der Waals surface area contributed by atoms with Crippen LogP contribution in [0.3, 0.4) is 0 Å². The third-order valence-corrected chi connectivity index (χ3v) is 7.00. The van der Waals surface area contributed by atoms with Crippen LogP contribution < -0.4 is 0 Å². The second kappa shape index (κ2) is 7.84. The summed E-state index contributed by atoms with van der Waals surface area (Å²) >= 11 is 1.96. The summed E-state index contributed by atoms with van der Waals surface area (Å²) in [6.45, 7) is 12.6. The van der Waals surface area contributed by atoms with E-state index in [1.807, 2.05) is 11.3 Å². The third kappa shape index (κ3) is 4.39. The van der Waals surface area contributed by atoms with E-state index in [-0.39, 0.29) is 5.41 Å². The van der Waals surface area contributed by atoms with Crippen molar-refractivity contribution in [2.24, 2.45) is 0 Å². The molecule has 0 unspecified atom stereocenters. The molecule has 0 bridgehead atoms. The Bertz CT molecular complexity index is 739. The highest BCUT2D eigenvalue weighted by Gasteiger charge is 2.26. The minimum Gasteiger partial charge on any atom is -0.308 e. The van der Waals surface area contributed by atoms with Gasteiger partial charge < -0.3 is 4.90 Å². The van der Waals surface area contributed by atoms with Gasteiger partial charge in [0, 0.05) is 28.9 Å². The highest BCUT2D eigenvalue weighted by Crippen LogP contribution is 2.38. The van der Waals surface area contributed by atoms with Crippen LogP contribution in [-0.4, -0.2) is 43.0 Å². The topological polar surface area (TPSA) is 6.48 Å². The molecule has 1 atom stereocenters. The molecule has 142 valence electrons. The lowest BCUT2D eigenvalue weighted by atomic mass is 9.95. The lowest BCUT2D eigenvalue weighted by molar-refractivity contribution is 0.201. The standard InChI is InChI=1S/C23H34N2S/c1-17-9-7-11-19(21-12-13-22(26-21)23(2,3)4)20(17)16-25-14-8-10-18(25)15-24(5)6/h7,9,11-13,18H,8,10,14-16H2,1-6H3/t18-/m0/s1. The van der Waals surface area contributed by atoms with Gasteiger partial charge >= 0.3 is 0 Å². The molecule has 3 rings (SSSR count). The average Bonchev–Trinajstić information content (AvgIpc) is 3.18. The number of aryl methyl sites for hydroxylation is 1. The predicted molar refractivity (Wildman–Crippen MR) is 115 cm³/mol. The number of hydrogen-bond acceptors (Lipinski definition) is 3. The molecule has 0 aliphatic carbocycles. The predicted octanol–water partition coefficient (Wildman–Crippen LogP) is 5.55. The Labute approximate surface area is 163 Å².